The van der Waals surface area contributed by atoms with Crippen LogP contribution >= 0.6 is 0 Å². The molecule has 1 amide bonds. The third kappa shape index (κ3) is 2.65. The molecule has 1 aliphatic rings. The Hall–Kier alpha value is -1.88. The number of nitrogens with zero attached hydrogens (tertiary/aromatic N) is 3. The van der Waals surface area contributed by atoms with Crippen molar-refractivity contribution in [2.45, 2.75) is 39.3 Å². The summed E-state index contributed by atoms with van der Waals surface area (Å²) < 4.78 is 7.63. The molecule has 3 rings (SSSR count). The first-order valence-corrected chi connectivity index (χ1v) is 7.54. The summed E-state index contributed by atoms with van der Waals surface area (Å²) in [4.78, 5) is 18.5. The highest BCUT2D eigenvalue weighted by atomic mass is 16.5. The van der Waals surface area contributed by atoms with Crippen LogP contribution in [0.25, 0.3) is 11.0 Å². The fraction of sp³-hybridized carbons (Fsp3) is 0.500. The van der Waals surface area contributed by atoms with Gasteiger partial charge in [-0.25, -0.2) is 4.98 Å². The molecule has 112 valence electrons. The highest BCUT2D eigenvalue weighted by Gasteiger charge is 2.17. The largest absolute Gasteiger partial charge is 0.372 e. The molecule has 5 heteroatoms. The van der Waals surface area contributed by atoms with Crippen molar-refractivity contribution >= 4 is 22.6 Å². The Morgan fingerprint density at radius 2 is 2.33 bits per heavy atom. The molecule has 0 aliphatic carbocycles. The van der Waals surface area contributed by atoms with Gasteiger partial charge in [-0.2, -0.15) is 0 Å². The predicted octanol–water partition coefficient (Wildman–Crippen LogP) is 2.72. The van der Waals surface area contributed by atoms with Crippen molar-refractivity contribution in [3.63, 3.8) is 0 Å². The molecule has 0 bridgehead atoms. The number of hydrogen-bond donors (Lipinski definition) is 0. The van der Waals surface area contributed by atoms with Crippen LogP contribution in [0.4, 0.5) is 5.69 Å². The van der Waals surface area contributed by atoms with Crippen LogP contribution in [0, 0.1) is 0 Å². The maximum Gasteiger partial charge on any atom is 0.226 e. The van der Waals surface area contributed by atoms with E-state index in [4.69, 9.17) is 4.74 Å². The van der Waals surface area contributed by atoms with E-state index in [0.717, 1.165) is 48.5 Å². The molecule has 0 saturated carbocycles. The van der Waals surface area contributed by atoms with E-state index >= 15 is 0 Å². The lowest BCUT2D eigenvalue weighted by Gasteiger charge is -2.17. The third-order valence-corrected chi connectivity index (χ3v) is 4.01. The summed E-state index contributed by atoms with van der Waals surface area (Å²) >= 11 is 0. The molecule has 0 fully saturated rings. The molecule has 0 N–H and O–H groups in total. The molecule has 5 nitrogen and oxygen atoms in total. The van der Waals surface area contributed by atoms with Gasteiger partial charge in [-0.1, -0.05) is 13.3 Å². The number of carbonyl (C=O) groups is 1. The van der Waals surface area contributed by atoms with Crippen LogP contribution in [0.15, 0.2) is 18.2 Å². The van der Waals surface area contributed by atoms with Gasteiger partial charge in [0.05, 0.1) is 17.6 Å². The van der Waals surface area contributed by atoms with Crippen molar-refractivity contribution < 1.29 is 9.53 Å². The van der Waals surface area contributed by atoms with Crippen LogP contribution in [0.5, 0.6) is 0 Å². The third-order valence-electron chi connectivity index (χ3n) is 4.01. The zero-order chi connectivity index (χ0) is 14.8. The monoisotopic (exact) mass is 287 g/mol. The second kappa shape index (κ2) is 5.85. The topological polar surface area (TPSA) is 47.4 Å². The van der Waals surface area contributed by atoms with Gasteiger partial charge in [0.1, 0.15) is 12.4 Å². The second-order valence-corrected chi connectivity index (χ2v) is 5.46. The Morgan fingerprint density at radius 1 is 1.48 bits per heavy atom. The van der Waals surface area contributed by atoms with Crippen LogP contribution in [0.1, 0.15) is 32.0 Å². The van der Waals surface area contributed by atoms with Gasteiger partial charge in [-0.15, -0.1) is 0 Å². The second-order valence-electron chi connectivity index (χ2n) is 5.46. The van der Waals surface area contributed by atoms with E-state index in [-0.39, 0.29) is 5.91 Å². The summed E-state index contributed by atoms with van der Waals surface area (Å²) in [5, 5.41) is 0. The Kier molecular flexibility index (Phi) is 3.92. The Bertz CT molecular complexity index is 663. The van der Waals surface area contributed by atoms with Gasteiger partial charge in [-0.05, 0) is 24.6 Å². The Morgan fingerprint density at radius 3 is 3.14 bits per heavy atom. The van der Waals surface area contributed by atoms with Crippen LogP contribution in [-0.2, 0) is 22.7 Å². The van der Waals surface area contributed by atoms with Crippen LogP contribution in [0.3, 0.4) is 0 Å². The van der Waals surface area contributed by atoms with Gasteiger partial charge in [0.15, 0.2) is 0 Å². The van der Waals surface area contributed by atoms with Crippen molar-refractivity contribution in [1.29, 1.82) is 0 Å². The summed E-state index contributed by atoms with van der Waals surface area (Å²) in [6, 6.07) is 6.04. The molecule has 21 heavy (non-hydrogen) atoms. The fourth-order valence-electron chi connectivity index (χ4n) is 2.70. The highest BCUT2D eigenvalue weighted by Crippen LogP contribution is 2.24. The Balaban J connectivity index is 1.89. The summed E-state index contributed by atoms with van der Waals surface area (Å²) in [5.41, 5.74) is 2.95. The molecule has 2 aromatic rings. The molecule has 0 atom stereocenters. The van der Waals surface area contributed by atoms with E-state index < -0.39 is 0 Å². The molecule has 0 unspecified atom stereocenters. The maximum atomic E-state index is 12.1. The number of anilines is 1. The van der Waals surface area contributed by atoms with Crippen LogP contribution in [-0.4, -0.2) is 29.1 Å². The lowest BCUT2D eigenvalue weighted by atomic mass is 10.2. The first kappa shape index (κ1) is 14.1. The number of unbranched alkanes of at least 4 members (excludes halogenated alkanes) is 1. The minimum Gasteiger partial charge on any atom is -0.372 e. The average Bonchev–Trinajstić information content (AvgIpc) is 2.89. The van der Waals surface area contributed by atoms with Gasteiger partial charge < -0.3 is 14.2 Å². The summed E-state index contributed by atoms with van der Waals surface area (Å²) in [7, 11) is 1.83. The van der Waals surface area contributed by atoms with E-state index in [1.54, 1.807) is 4.90 Å². The number of carbonyl (C=O) groups excluding carboxylic acids is 1. The molecule has 1 aromatic carbocycles. The van der Waals surface area contributed by atoms with Crippen LogP contribution < -0.4 is 4.90 Å². The van der Waals surface area contributed by atoms with Gasteiger partial charge in [0.2, 0.25) is 5.91 Å². The van der Waals surface area contributed by atoms with E-state index in [9.17, 15) is 4.79 Å². The summed E-state index contributed by atoms with van der Waals surface area (Å²) in [5.74, 6) is 1.12. The van der Waals surface area contributed by atoms with Crippen molar-refractivity contribution in [1.82, 2.24) is 9.55 Å². The number of benzene rings is 1. The van der Waals surface area contributed by atoms with Gasteiger partial charge in [0, 0.05) is 25.7 Å². The number of imidazole rings is 1. The minimum atomic E-state index is 0.156. The molecule has 2 heterocycles. The highest BCUT2D eigenvalue weighted by molar-refractivity contribution is 5.94. The number of aromatic nitrogens is 2. The van der Waals surface area contributed by atoms with Crippen molar-refractivity contribution in [3.8, 4) is 0 Å². The first-order chi connectivity index (χ1) is 10.2. The zero-order valence-corrected chi connectivity index (χ0v) is 12.6. The van der Waals surface area contributed by atoms with E-state index in [0.29, 0.717) is 13.0 Å². The van der Waals surface area contributed by atoms with Crippen molar-refractivity contribution in [2.24, 2.45) is 0 Å². The van der Waals surface area contributed by atoms with E-state index in [1.807, 2.05) is 19.2 Å². The molecular formula is C16H21N3O2. The Labute approximate surface area is 124 Å². The van der Waals surface area contributed by atoms with Crippen molar-refractivity contribution in [2.75, 3.05) is 18.6 Å². The lowest BCUT2D eigenvalue weighted by molar-refractivity contribution is -0.118. The summed E-state index contributed by atoms with van der Waals surface area (Å²) in [6.45, 7) is 4.23. The number of fused-ring (bicyclic) bond motifs is 3. The van der Waals surface area contributed by atoms with Crippen molar-refractivity contribution in [3.05, 3.63) is 24.0 Å². The minimum absolute atomic E-state index is 0.156. The standard InChI is InChI=1S/C16H21N3O2/c1-3-4-5-16(20)18(2)12-6-7-14-13(10-12)17-15-11-21-9-8-19(14)15/h6-7,10H,3-5,8-9,11H2,1-2H3. The molecule has 0 radical (unpaired) electrons. The van der Waals surface area contributed by atoms with Gasteiger partial charge in [-0.3, -0.25) is 4.79 Å². The average molecular weight is 287 g/mol. The zero-order valence-electron chi connectivity index (χ0n) is 12.6. The number of rotatable bonds is 4. The smallest absolute Gasteiger partial charge is 0.226 e. The summed E-state index contributed by atoms with van der Waals surface area (Å²) in [6.07, 6.45) is 2.56. The number of hydrogen-bond acceptors (Lipinski definition) is 3. The first-order valence-electron chi connectivity index (χ1n) is 7.54. The normalized spacial score (nSPS) is 14.2. The van der Waals surface area contributed by atoms with E-state index in [1.165, 1.54) is 0 Å². The van der Waals surface area contributed by atoms with Gasteiger partial charge >= 0.3 is 0 Å². The predicted molar refractivity (Wildman–Crippen MR) is 82.3 cm³/mol. The molecule has 0 spiro atoms. The molecule has 0 saturated heterocycles. The SMILES string of the molecule is CCCCC(=O)N(C)c1ccc2c(c1)nc1n2CCOC1. The molecule has 1 aromatic heterocycles. The number of amides is 1. The molecule has 1 aliphatic heterocycles. The maximum absolute atomic E-state index is 12.1. The fourth-order valence-corrected chi connectivity index (χ4v) is 2.70. The van der Waals surface area contributed by atoms with Gasteiger partial charge in [0.25, 0.3) is 0 Å². The molecular weight excluding hydrogens is 266 g/mol. The van der Waals surface area contributed by atoms with Crippen LogP contribution in [0.2, 0.25) is 0 Å². The van der Waals surface area contributed by atoms with E-state index in [2.05, 4.69) is 22.5 Å². The lowest BCUT2D eigenvalue weighted by Crippen LogP contribution is -2.25. The quantitative estimate of drug-likeness (QED) is 0.868. The number of ether oxygens (including phenoxy) is 1.